The van der Waals surface area contributed by atoms with Crippen molar-refractivity contribution in [2.45, 2.75) is 25.9 Å². The molecule has 1 aromatic heterocycles. The van der Waals surface area contributed by atoms with E-state index in [-0.39, 0.29) is 6.04 Å². The zero-order valence-corrected chi connectivity index (χ0v) is 9.18. The highest BCUT2D eigenvalue weighted by Gasteiger charge is 2.00. The lowest BCUT2D eigenvalue weighted by Gasteiger charge is -2.02. The van der Waals surface area contributed by atoms with Gasteiger partial charge in [0.25, 0.3) is 0 Å². The molecule has 2 N–H and O–H groups in total. The van der Waals surface area contributed by atoms with Crippen molar-refractivity contribution in [2.24, 2.45) is 5.73 Å². The second-order valence-corrected chi connectivity index (χ2v) is 4.30. The van der Waals surface area contributed by atoms with E-state index in [1.807, 2.05) is 18.7 Å². The summed E-state index contributed by atoms with van der Waals surface area (Å²) in [6.07, 6.45) is 7.63. The molecule has 0 bridgehead atoms. The third-order valence-corrected chi connectivity index (χ3v) is 2.76. The Balaban J connectivity index is 2.40. The second kappa shape index (κ2) is 5.35. The lowest BCUT2D eigenvalue weighted by molar-refractivity contribution is 0.683. The minimum Gasteiger partial charge on any atom is -0.354 e. The van der Waals surface area contributed by atoms with E-state index in [1.54, 1.807) is 0 Å². The molecule has 74 valence electrons. The number of aromatic nitrogens is 1. The first-order valence-corrected chi connectivity index (χ1v) is 6.03. The van der Waals surface area contributed by atoms with Crippen LogP contribution in [0.25, 0.3) is 0 Å². The molecule has 0 aromatic carbocycles. The highest BCUT2D eigenvalue weighted by molar-refractivity contribution is 7.98. The zero-order chi connectivity index (χ0) is 9.68. The molecule has 0 saturated carbocycles. The summed E-state index contributed by atoms with van der Waals surface area (Å²) < 4.78 is 2.22. The Morgan fingerprint density at radius 3 is 2.92 bits per heavy atom. The largest absolute Gasteiger partial charge is 0.354 e. The number of nitrogens with zero attached hydrogens (tertiary/aromatic N) is 1. The van der Waals surface area contributed by atoms with E-state index in [0.717, 1.165) is 6.54 Å². The van der Waals surface area contributed by atoms with Crippen molar-refractivity contribution in [3.8, 4) is 0 Å². The lowest BCUT2D eigenvalue weighted by atomic mass is 10.2. The van der Waals surface area contributed by atoms with Gasteiger partial charge in [-0.3, -0.25) is 0 Å². The molecular formula is C10H18N2S. The molecule has 1 heterocycles. The first-order chi connectivity index (χ1) is 6.24. The molecule has 1 atom stereocenters. The number of rotatable bonds is 5. The predicted molar refractivity (Wildman–Crippen MR) is 60.0 cm³/mol. The minimum atomic E-state index is 0.154. The van der Waals surface area contributed by atoms with Crippen molar-refractivity contribution in [3.63, 3.8) is 0 Å². The molecule has 0 fully saturated rings. The average Bonchev–Trinajstić information content (AvgIpc) is 2.53. The van der Waals surface area contributed by atoms with Crippen LogP contribution < -0.4 is 5.73 Å². The van der Waals surface area contributed by atoms with Crippen molar-refractivity contribution < 1.29 is 0 Å². The lowest BCUT2D eigenvalue weighted by Crippen LogP contribution is -2.03. The zero-order valence-electron chi connectivity index (χ0n) is 8.36. The molecule has 1 rings (SSSR count). The number of hydrogen-bond acceptors (Lipinski definition) is 2. The normalized spacial score (nSPS) is 13.2. The highest BCUT2D eigenvalue weighted by Crippen LogP contribution is 2.10. The van der Waals surface area contributed by atoms with Gasteiger partial charge in [0, 0.05) is 25.0 Å². The van der Waals surface area contributed by atoms with Crippen LogP contribution in [0.2, 0.25) is 0 Å². The topological polar surface area (TPSA) is 30.9 Å². The summed E-state index contributed by atoms with van der Waals surface area (Å²) in [5.74, 6) is 1.23. The molecule has 3 heteroatoms. The summed E-state index contributed by atoms with van der Waals surface area (Å²) in [4.78, 5) is 0. The Morgan fingerprint density at radius 1 is 1.62 bits per heavy atom. The van der Waals surface area contributed by atoms with Crippen LogP contribution in [0.5, 0.6) is 0 Å². The quantitative estimate of drug-likeness (QED) is 0.736. The molecule has 0 amide bonds. The Hall–Kier alpha value is -0.410. The first-order valence-electron chi connectivity index (χ1n) is 4.64. The molecule has 1 aromatic rings. The van der Waals surface area contributed by atoms with E-state index in [4.69, 9.17) is 5.73 Å². The smallest absolute Gasteiger partial charge is 0.0281 e. The van der Waals surface area contributed by atoms with Crippen LogP contribution in [0.1, 0.15) is 24.9 Å². The fourth-order valence-electron chi connectivity index (χ4n) is 1.26. The van der Waals surface area contributed by atoms with E-state index in [9.17, 15) is 0 Å². The van der Waals surface area contributed by atoms with Crippen molar-refractivity contribution in [1.82, 2.24) is 4.57 Å². The molecule has 2 nitrogen and oxygen atoms in total. The summed E-state index contributed by atoms with van der Waals surface area (Å²) in [5, 5.41) is 0. The van der Waals surface area contributed by atoms with Gasteiger partial charge in [0.2, 0.25) is 0 Å². The van der Waals surface area contributed by atoms with Crippen molar-refractivity contribution >= 4 is 11.8 Å². The Kier molecular flexibility index (Phi) is 4.39. The predicted octanol–water partition coefficient (Wildman–Crippen LogP) is 2.26. The summed E-state index contributed by atoms with van der Waals surface area (Å²) in [6.45, 7) is 3.12. The molecule has 0 saturated heterocycles. The molecule has 0 radical (unpaired) electrons. The van der Waals surface area contributed by atoms with Gasteiger partial charge >= 0.3 is 0 Å². The number of hydrogen-bond donors (Lipinski definition) is 1. The van der Waals surface area contributed by atoms with Crippen LogP contribution in [0, 0.1) is 0 Å². The van der Waals surface area contributed by atoms with Crippen LogP contribution in [0.4, 0.5) is 0 Å². The first kappa shape index (κ1) is 10.7. The van der Waals surface area contributed by atoms with Gasteiger partial charge < -0.3 is 10.3 Å². The summed E-state index contributed by atoms with van der Waals surface area (Å²) in [5.41, 5.74) is 6.99. The van der Waals surface area contributed by atoms with Gasteiger partial charge in [-0.25, -0.2) is 0 Å². The maximum Gasteiger partial charge on any atom is 0.0281 e. The van der Waals surface area contributed by atoms with E-state index in [1.165, 1.54) is 17.7 Å². The van der Waals surface area contributed by atoms with Crippen molar-refractivity contribution in [2.75, 3.05) is 12.0 Å². The minimum absolute atomic E-state index is 0.154. The van der Waals surface area contributed by atoms with Gasteiger partial charge in [-0.05, 0) is 37.0 Å². The van der Waals surface area contributed by atoms with Crippen LogP contribution in [0.15, 0.2) is 18.5 Å². The molecule has 0 spiro atoms. The van der Waals surface area contributed by atoms with Crippen molar-refractivity contribution in [3.05, 3.63) is 24.0 Å². The number of nitrogens with two attached hydrogens (primary N) is 1. The Bertz CT molecular complexity index is 243. The summed E-state index contributed by atoms with van der Waals surface area (Å²) in [7, 11) is 0. The van der Waals surface area contributed by atoms with Gasteiger partial charge in [0.05, 0.1) is 0 Å². The van der Waals surface area contributed by atoms with Gasteiger partial charge in [0.15, 0.2) is 0 Å². The summed E-state index contributed by atoms with van der Waals surface area (Å²) in [6, 6.07) is 2.26. The maximum atomic E-state index is 5.76. The van der Waals surface area contributed by atoms with Gasteiger partial charge in [-0.1, -0.05) is 0 Å². The molecule has 0 aliphatic rings. The second-order valence-electron chi connectivity index (χ2n) is 3.32. The fraction of sp³-hybridized carbons (Fsp3) is 0.600. The summed E-state index contributed by atoms with van der Waals surface area (Å²) >= 11 is 1.90. The highest BCUT2D eigenvalue weighted by atomic mass is 32.2. The van der Waals surface area contributed by atoms with E-state index < -0.39 is 0 Å². The molecule has 1 unspecified atom stereocenters. The molecule has 0 aliphatic heterocycles. The molecule has 13 heavy (non-hydrogen) atoms. The van der Waals surface area contributed by atoms with Crippen LogP contribution >= 0.6 is 11.8 Å². The van der Waals surface area contributed by atoms with Crippen molar-refractivity contribution in [1.29, 1.82) is 0 Å². The van der Waals surface area contributed by atoms with Crippen LogP contribution in [0.3, 0.4) is 0 Å². The van der Waals surface area contributed by atoms with Crippen LogP contribution in [-0.2, 0) is 6.54 Å². The maximum absolute atomic E-state index is 5.76. The van der Waals surface area contributed by atoms with Crippen LogP contribution in [-0.4, -0.2) is 16.6 Å². The molecule has 0 aliphatic carbocycles. The Labute approximate surface area is 84.5 Å². The molecular weight excluding hydrogens is 180 g/mol. The standard InChI is InChI=1S/C10H18N2S/c1-9(11)10-4-6-12(8-10)5-3-7-13-2/h4,6,8-9H,3,5,7,11H2,1-2H3. The van der Waals surface area contributed by atoms with E-state index in [2.05, 4.69) is 29.3 Å². The Morgan fingerprint density at radius 2 is 2.38 bits per heavy atom. The number of aryl methyl sites for hydroxylation is 1. The van der Waals surface area contributed by atoms with E-state index >= 15 is 0 Å². The fourth-order valence-corrected chi connectivity index (χ4v) is 1.68. The average molecular weight is 198 g/mol. The van der Waals surface area contributed by atoms with Gasteiger partial charge in [-0.2, -0.15) is 11.8 Å². The monoisotopic (exact) mass is 198 g/mol. The third kappa shape index (κ3) is 3.44. The van der Waals surface area contributed by atoms with E-state index in [0.29, 0.717) is 0 Å². The van der Waals surface area contributed by atoms with Gasteiger partial charge in [0.1, 0.15) is 0 Å². The SMILES string of the molecule is CSCCCn1ccc(C(C)N)c1. The number of thioether (sulfide) groups is 1. The third-order valence-electron chi connectivity index (χ3n) is 2.06. The van der Waals surface area contributed by atoms with Gasteiger partial charge in [-0.15, -0.1) is 0 Å².